The lowest BCUT2D eigenvalue weighted by molar-refractivity contribution is 0.0823. The van der Waals surface area contributed by atoms with Crippen molar-refractivity contribution in [2.45, 2.75) is 13.0 Å². The van der Waals surface area contributed by atoms with Crippen LogP contribution in [0.25, 0.3) is 0 Å². The maximum Gasteiger partial charge on any atom is 0.255 e. The summed E-state index contributed by atoms with van der Waals surface area (Å²) in [7, 11) is 1.57. The molecule has 1 amide bonds. The normalized spacial score (nSPS) is 12.0. The van der Waals surface area contributed by atoms with Crippen molar-refractivity contribution in [3.8, 4) is 0 Å². The molecule has 0 fully saturated rings. The van der Waals surface area contributed by atoms with E-state index in [-0.39, 0.29) is 23.2 Å². The van der Waals surface area contributed by atoms with Gasteiger partial charge in [0.15, 0.2) is 0 Å². The second kappa shape index (κ2) is 7.38. The van der Waals surface area contributed by atoms with Gasteiger partial charge in [-0.25, -0.2) is 4.39 Å². The van der Waals surface area contributed by atoms with E-state index >= 15 is 0 Å². The number of rotatable bonds is 5. The number of amides is 1. The average molecular weight is 322 g/mol. The molecule has 0 radical (unpaired) electrons. The summed E-state index contributed by atoms with van der Waals surface area (Å²) in [4.78, 5) is 12.1. The fourth-order valence-corrected chi connectivity index (χ4v) is 2.51. The molecule has 0 aliphatic rings. The van der Waals surface area contributed by atoms with Crippen LogP contribution < -0.4 is 5.32 Å². The molecule has 0 unspecified atom stereocenters. The molecule has 0 saturated heterocycles. The Morgan fingerprint density at radius 2 is 2.00 bits per heavy atom. The highest BCUT2D eigenvalue weighted by atomic mass is 35.5. The van der Waals surface area contributed by atoms with Gasteiger partial charge in [0.2, 0.25) is 0 Å². The van der Waals surface area contributed by atoms with Crippen molar-refractivity contribution in [3.05, 3.63) is 70.0 Å². The van der Waals surface area contributed by atoms with Crippen LogP contribution in [-0.4, -0.2) is 19.6 Å². The largest absolute Gasteiger partial charge is 0.375 e. The van der Waals surface area contributed by atoms with Crippen LogP contribution in [0.1, 0.15) is 27.6 Å². The first kappa shape index (κ1) is 16.5. The van der Waals surface area contributed by atoms with E-state index in [0.29, 0.717) is 0 Å². The minimum atomic E-state index is -0.644. The SMILES string of the molecule is CO[C@@H](CNC(=O)c1c(F)cccc1Cl)c1ccccc1C. The van der Waals surface area contributed by atoms with Crippen molar-refractivity contribution >= 4 is 17.5 Å². The molecule has 0 saturated carbocycles. The Labute approximate surface area is 134 Å². The fraction of sp³-hybridized carbons (Fsp3) is 0.235. The van der Waals surface area contributed by atoms with Crippen LogP contribution in [0.4, 0.5) is 4.39 Å². The van der Waals surface area contributed by atoms with E-state index < -0.39 is 11.7 Å². The number of aryl methyl sites for hydroxylation is 1. The average Bonchev–Trinajstić information content (AvgIpc) is 2.49. The summed E-state index contributed by atoms with van der Waals surface area (Å²) < 4.78 is 19.1. The van der Waals surface area contributed by atoms with Gasteiger partial charge in [-0.15, -0.1) is 0 Å². The molecule has 22 heavy (non-hydrogen) atoms. The quantitative estimate of drug-likeness (QED) is 0.907. The Hall–Kier alpha value is -1.91. The first-order valence-electron chi connectivity index (χ1n) is 6.85. The first-order valence-corrected chi connectivity index (χ1v) is 7.23. The standard InChI is InChI=1S/C17H17ClFNO2/c1-11-6-3-4-7-12(11)15(22-2)10-20-17(21)16-13(18)8-5-9-14(16)19/h3-9,15H,10H2,1-2H3,(H,20,21)/t15-/m0/s1. The van der Waals surface area contributed by atoms with E-state index in [9.17, 15) is 9.18 Å². The van der Waals surface area contributed by atoms with Gasteiger partial charge in [-0.2, -0.15) is 0 Å². The van der Waals surface area contributed by atoms with Crippen LogP contribution in [-0.2, 0) is 4.74 Å². The van der Waals surface area contributed by atoms with E-state index in [1.807, 2.05) is 31.2 Å². The number of hydrogen-bond acceptors (Lipinski definition) is 2. The third-order valence-electron chi connectivity index (χ3n) is 3.46. The molecule has 2 rings (SSSR count). The Balaban J connectivity index is 2.11. The minimum absolute atomic E-state index is 0.0855. The second-order valence-electron chi connectivity index (χ2n) is 4.89. The topological polar surface area (TPSA) is 38.3 Å². The van der Waals surface area contributed by atoms with Crippen LogP contribution in [0, 0.1) is 12.7 Å². The smallest absolute Gasteiger partial charge is 0.255 e. The van der Waals surface area contributed by atoms with E-state index in [4.69, 9.17) is 16.3 Å². The van der Waals surface area contributed by atoms with Crippen LogP contribution in [0.2, 0.25) is 5.02 Å². The lowest BCUT2D eigenvalue weighted by Crippen LogP contribution is -2.30. The van der Waals surface area contributed by atoms with E-state index in [2.05, 4.69) is 5.32 Å². The molecule has 2 aromatic rings. The Morgan fingerprint density at radius 1 is 1.27 bits per heavy atom. The molecule has 0 aromatic heterocycles. The van der Waals surface area contributed by atoms with E-state index in [1.165, 1.54) is 18.2 Å². The summed E-state index contributed by atoms with van der Waals surface area (Å²) in [6.07, 6.45) is -0.310. The van der Waals surface area contributed by atoms with Crippen molar-refractivity contribution in [2.24, 2.45) is 0 Å². The summed E-state index contributed by atoms with van der Waals surface area (Å²) >= 11 is 5.88. The molecule has 1 N–H and O–H groups in total. The predicted octanol–water partition coefficient (Wildman–Crippen LogP) is 3.91. The molecule has 1 atom stereocenters. The highest BCUT2D eigenvalue weighted by Gasteiger charge is 2.18. The molecule has 0 heterocycles. The van der Waals surface area contributed by atoms with Gasteiger partial charge < -0.3 is 10.1 Å². The Morgan fingerprint density at radius 3 is 2.64 bits per heavy atom. The van der Waals surface area contributed by atoms with Crippen molar-refractivity contribution in [3.63, 3.8) is 0 Å². The Bertz CT molecular complexity index is 655. The van der Waals surface area contributed by atoms with Crippen LogP contribution >= 0.6 is 11.6 Å². The van der Waals surface area contributed by atoms with Gasteiger partial charge in [0.1, 0.15) is 5.82 Å². The minimum Gasteiger partial charge on any atom is -0.375 e. The summed E-state index contributed by atoms with van der Waals surface area (Å²) in [5, 5.41) is 2.75. The van der Waals surface area contributed by atoms with Crippen molar-refractivity contribution in [2.75, 3.05) is 13.7 Å². The number of ether oxygens (including phenoxy) is 1. The highest BCUT2D eigenvalue weighted by Crippen LogP contribution is 2.21. The summed E-state index contributed by atoms with van der Waals surface area (Å²) in [6.45, 7) is 2.20. The van der Waals surface area contributed by atoms with E-state index in [1.54, 1.807) is 7.11 Å². The second-order valence-corrected chi connectivity index (χ2v) is 5.29. The van der Waals surface area contributed by atoms with Crippen LogP contribution in [0.3, 0.4) is 0 Å². The molecule has 3 nitrogen and oxygen atoms in total. The maximum atomic E-state index is 13.7. The van der Waals surface area contributed by atoms with Gasteiger partial charge in [0, 0.05) is 13.7 Å². The third-order valence-corrected chi connectivity index (χ3v) is 3.77. The molecule has 0 spiro atoms. The van der Waals surface area contributed by atoms with Gasteiger partial charge in [0.05, 0.1) is 16.7 Å². The van der Waals surface area contributed by atoms with Gasteiger partial charge in [0.25, 0.3) is 5.91 Å². The summed E-state index contributed by atoms with van der Waals surface area (Å²) in [5.74, 6) is -1.20. The van der Waals surface area contributed by atoms with E-state index in [0.717, 1.165) is 11.1 Å². The molecule has 5 heteroatoms. The highest BCUT2D eigenvalue weighted by molar-refractivity contribution is 6.33. The molecule has 0 aliphatic heterocycles. The zero-order chi connectivity index (χ0) is 16.1. The number of carbonyl (C=O) groups is 1. The molecular formula is C17H17ClFNO2. The van der Waals surface area contributed by atoms with Crippen molar-refractivity contribution in [1.29, 1.82) is 0 Å². The number of hydrogen-bond donors (Lipinski definition) is 1. The lowest BCUT2D eigenvalue weighted by atomic mass is 10.0. The Kier molecular flexibility index (Phi) is 5.52. The van der Waals surface area contributed by atoms with Crippen LogP contribution in [0.15, 0.2) is 42.5 Å². The summed E-state index contributed by atoms with van der Waals surface area (Å²) in [5.41, 5.74) is 1.89. The summed E-state index contributed by atoms with van der Waals surface area (Å²) in [6, 6.07) is 11.9. The van der Waals surface area contributed by atoms with Gasteiger partial charge in [-0.3, -0.25) is 4.79 Å². The molecule has 0 bridgehead atoms. The number of halogens is 2. The number of nitrogens with one attached hydrogen (secondary N) is 1. The molecule has 0 aliphatic carbocycles. The van der Waals surface area contributed by atoms with Crippen molar-refractivity contribution in [1.82, 2.24) is 5.32 Å². The fourth-order valence-electron chi connectivity index (χ4n) is 2.26. The molecule has 116 valence electrons. The molecule has 2 aromatic carbocycles. The molecular weight excluding hydrogens is 305 g/mol. The lowest BCUT2D eigenvalue weighted by Gasteiger charge is -2.18. The number of carbonyl (C=O) groups excluding carboxylic acids is 1. The zero-order valence-electron chi connectivity index (χ0n) is 12.4. The first-order chi connectivity index (χ1) is 10.5. The van der Waals surface area contributed by atoms with Gasteiger partial charge in [-0.1, -0.05) is 41.9 Å². The van der Waals surface area contributed by atoms with Crippen LogP contribution in [0.5, 0.6) is 0 Å². The zero-order valence-corrected chi connectivity index (χ0v) is 13.2. The van der Waals surface area contributed by atoms with Crippen molar-refractivity contribution < 1.29 is 13.9 Å². The maximum absolute atomic E-state index is 13.7. The predicted molar refractivity (Wildman–Crippen MR) is 84.7 cm³/mol. The third kappa shape index (κ3) is 3.64. The monoisotopic (exact) mass is 321 g/mol. The van der Waals surface area contributed by atoms with Gasteiger partial charge >= 0.3 is 0 Å². The number of benzene rings is 2. The number of methoxy groups -OCH3 is 1. The van der Waals surface area contributed by atoms with Gasteiger partial charge in [-0.05, 0) is 30.2 Å².